The van der Waals surface area contributed by atoms with E-state index in [2.05, 4.69) is 38.5 Å². The molecule has 2 N–H and O–H groups in total. The van der Waals surface area contributed by atoms with E-state index < -0.39 is 15.7 Å². The molecule has 3 aromatic rings. The highest BCUT2D eigenvalue weighted by atomic mass is 35.5. The first kappa shape index (κ1) is 22.6. The van der Waals surface area contributed by atoms with Gasteiger partial charge in [0.25, 0.3) is 0 Å². The Hall–Kier alpha value is -2.58. The van der Waals surface area contributed by atoms with Crippen molar-refractivity contribution in [2.45, 2.75) is 41.9 Å². The zero-order chi connectivity index (χ0) is 22.8. The van der Waals surface area contributed by atoms with Crippen molar-refractivity contribution in [3.05, 3.63) is 70.8 Å². The molecule has 4 rings (SSSR count). The predicted molar refractivity (Wildman–Crippen MR) is 121 cm³/mol. The minimum absolute atomic E-state index is 0.0171. The van der Waals surface area contributed by atoms with Gasteiger partial charge in [-0.15, -0.1) is 11.8 Å². The lowest BCUT2D eigenvalue weighted by Gasteiger charge is -2.36. The number of thioether (sulfide) groups is 1. The Kier molecular flexibility index (Phi) is 6.44. The largest absolute Gasteiger partial charge is 0.380 e. The first-order chi connectivity index (χ1) is 15.3. The third kappa shape index (κ3) is 5.24. The topological polar surface area (TPSA) is 124 Å². The van der Waals surface area contributed by atoms with Gasteiger partial charge in [-0.2, -0.15) is 23.9 Å². The van der Waals surface area contributed by atoms with E-state index in [0.29, 0.717) is 12.3 Å². The second kappa shape index (κ2) is 9.11. The molecular formula is C21H20ClN5O3S2. The summed E-state index contributed by atoms with van der Waals surface area (Å²) in [7, 11) is -4.14. The zero-order valence-corrected chi connectivity index (χ0v) is 19.3. The molecule has 1 aliphatic rings. The van der Waals surface area contributed by atoms with Crippen LogP contribution in [-0.2, 0) is 28.0 Å². The van der Waals surface area contributed by atoms with Gasteiger partial charge in [0, 0.05) is 10.6 Å². The second-order valence-corrected chi connectivity index (χ2v) is 10.2. The molecule has 1 heterocycles. The van der Waals surface area contributed by atoms with E-state index in [1.54, 1.807) is 34.9 Å². The van der Waals surface area contributed by atoms with Gasteiger partial charge in [0.15, 0.2) is 5.75 Å². The lowest BCUT2D eigenvalue weighted by Crippen LogP contribution is -2.32. The number of rotatable bonds is 8. The van der Waals surface area contributed by atoms with Gasteiger partial charge in [-0.1, -0.05) is 29.8 Å². The molecule has 1 aromatic heterocycles. The summed E-state index contributed by atoms with van der Waals surface area (Å²) in [5, 5.41) is 19.1. The van der Waals surface area contributed by atoms with Crippen LogP contribution in [0.3, 0.4) is 0 Å². The highest BCUT2D eigenvalue weighted by Gasteiger charge is 2.39. The van der Waals surface area contributed by atoms with E-state index in [-0.39, 0.29) is 10.8 Å². The van der Waals surface area contributed by atoms with E-state index in [1.807, 2.05) is 0 Å². The Bertz CT molecular complexity index is 1270. The van der Waals surface area contributed by atoms with Crippen molar-refractivity contribution in [3.8, 4) is 11.8 Å². The highest BCUT2D eigenvalue weighted by Crippen LogP contribution is 2.44. The molecule has 0 spiro atoms. The molecule has 1 saturated carbocycles. The summed E-state index contributed by atoms with van der Waals surface area (Å²) in [5.74, 6) is 0.627. The second-order valence-electron chi connectivity index (χ2n) is 7.64. The lowest BCUT2D eigenvalue weighted by molar-refractivity contribution is 0.323. The van der Waals surface area contributed by atoms with Crippen LogP contribution in [-0.4, -0.2) is 23.2 Å². The molecule has 8 nitrogen and oxygen atoms in total. The van der Waals surface area contributed by atoms with E-state index in [4.69, 9.17) is 16.7 Å². The summed E-state index contributed by atoms with van der Waals surface area (Å²) in [5.41, 5.74) is 2.74. The van der Waals surface area contributed by atoms with Crippen LogP contribution in [0.5, 0.6) is 5.75 Å². The van der Waals surface area contributed by atoms with E-state index in [0.717, 1.165) is 40.8 Å². The van der Waals surface area contributed by atoms with Gasteiger partial charge in [0.1, 0.15) is 12.7 Å². The standard InChI is InChI=1S/C21H20ClN5O3S2/c22-19-9-18(2-3-20(19)30-32(24,28)29)31-11-16-6-15(10-27-14-25-13-26-27)7-17(8-16)21(12-23)4-1-5-21/h2-3,6-9,13-14H,1,4-5,10-11H2,(H2,24,28,29). The van der Waals surface area contributed by atoms with Crippen molar-refractivity contribution in [2.24, 2.45) is 5.14 Å². The maximum absolute atomic E-state index is 11.1. The Morgan fingerprint density at radius 3 is 2.62 bits per heavy atom. The number of nitrogens with two attached hydrogens (primary N) is 1. The summed E-state index contributed by atoms with van der Waals surface area (Å²) in [6.45, 7) is 0.568. The smallest absolute Gasteiger partial charge is 0.369 e. The molecule has 11 heteroatoms. The van der Waals surface area contributed by atoms with Crippen LogP contribution >= 0.6 is 23.4 Å². The number of nitrogens with zero attached hydrogens (tertiary/aromatic N) is 4. The first-order valence-electron chi connectivity index (χ1n) is 9.78. The fourth-order valence-electron chi connectivity index (χ4n) is 3.64. The lowest BCUT2D eigenvalue weighted by atomic mass is 9.65. The average molecular weight is 490 g/mol. The van der Waals surface area contributed by atoms with Gasteiger partial charge in [-0.25, -0.2) is 9.67 Å². The molecule has 0 amide bonds. The zero-order valence-electron chi connectivity index (χ0n) is 16.9. The average Bonchev–Trinajstić information content (AvgIpc) is 3.20. The number of aromatic nitrogens is 3. The molecule has 0 bridgehead atoms. The van der Waals surface area contributed by atoms with Crippen LogP contribution in [0, 0.1) is 11.3 Å². The minimum atomic E-state index is -4.14. The summed E-state index contributed by atoms with van der Waals surface area (Å²) in [6.07, 6.45) is 5.94. The van der Waals surface area contributed by atoms with Crippen LogP contribution in [0.15, 0.2) is 53.9 Å². The first-order valence-corrected chi connectivity index (χ1v) is 12.6. The van der Waals surface area contributed by atoms with Crippen LogP contribution in [0.4, 0.5) is 0 Å². The van der Waals surface area contributed by atoms with E-state index >= 15 is 0 Å². The van der Waals surface area contributed by atoms with Crippen molar-refractivity contribution in [2.75, 3.05) is 0 Å². The fraction of sp³-hybridized carbons (Fsp3) is 0.286. The van der Waals surface area contributed by atoms with Crippen molar-refractivity contribution < 1.29 is 12.6 Å². The number of hydrogen-bond acceptors (Lipinski definition) is 7. The molecule has 1 aliphatic carbocycles. The Morgan fingerprint density at radius 1 is 1.25 bits per heavy atom. The molecule has 0 radical (unpaired) electrons. The Morgan fingerprint density at radius 2 is 2.03 bits per heavy atom. The van der Waals surface area contributed by atoms with Crippen LogP contribution < -0.4 is 9.32 Å². The molecule has 166 valence electrons. The number of halogens is 1. The third-order valence-corrected chi connectivity index (χ3v) is 7.12. The van der Waals surface area contributed by atoms with Crippen molar-refractivity contribution in [1.29, 1.82) is 5.26 Å². The van der Waals surface area contributed by atoms with Gasteiger partial charge >= 0.3 is 10.3 Å². The van der Waals surface area contributed by atoms with Crippen LogP contribution in [0.25, 0.3) is 0 Å². The molecule has 32 heavy (non-hydrogen) atoms. The van der Waals surface area contributed by atoms with Crippen molar-refractivity contribution in [3.63, 3.8) is 0 Å². The molecule has 1 fully saturated rings. The highest BCUT2D eigenvalue weighted by molar-refractivity contribution is 7.98. The summed E-state index contributed by atoms with van der Waals surface area (Å²) in [6, 6.07) is 13.6. The van der Waals surface area contributed by atoms with Gasteiger partial charge < -0.3 is 4.18 Å². The minimum Gasteiger partial charge on any atom is -0.369 e. The fourth-order valence-corrected chi connectivity index (χ4v) is 5.23. The SMILES string of the molecule is N#CC1(c2cc(CSc3ccc(OS(N)(=O)=O)c(Cl)c3)cc(Cn3cncn3)c2)CCC1. The molecular weight excluding hydrogens is 470 g/mol. The summed E-state index contributed by atoms with van der Waals surface area (Å²) < 4.78 is 28.7. The summed E-state index contributed by atoms with van der Waals surface area (Å²) >= 11 is 7.69. The third-order valence-electron chi connectivity index (χ3n) is 5.35. The number of nitriles is 1. The van der Waals surface area contributed by atoms with Gasteiger partial charge in [-0.3, -0.25) is 0 Å². The van der Waals surface area contributed by atoms with E-state index in [9.17, 15) is 13.7 Å². The number of benzene rings is 2. The normalized spacial score (nSPS) is 15.0. The maximum atomic E-state index is 11.1. The van der Waals surface area contributed by atoms with E-state index in [1.165, 1.54) is 12.4 Å². The maximum Gasteiger partial charge on any atom is 0.380 e. The molecule has 0 unspecified atom stereocenters. The van der Waals surface area contributed by atoms with Crippen LogP contribution in [0.2, 0.25) is 5.02 Å². The number of hydrogen-bond donors (Lipinski definition) is 1. The molecule has 0 atom stereocenters. The Labute approximate surface area is 195 Å². The predicted octanol–water partition coefficient (Wildman–Crippen LogP) is 3.80. The quantitative estimate of drug-likeness (QED) is 0.477. The van der Waals surface area contributed by atoms with Gasteiger partial charge in [-0.05, 0) is 54.2 Å². The summed E-state index contributed by atoms with van der Waals surface area (Å²) in [4.78, 5) is 4.84. The van der Waals surface area contributed by atoms with Crippen LogP contribution in [0.1, 0.15) is 36.0 Å². The van der Waals surface area contributed by atoms with Gasteiger partial charge in [0.05, 0.1) is 23.1 Å². The van der Waals surface area contributed by atoms with Crippen molar-refractivity contribution >= 4 is 33.7 Å². The molecule has 2 aromatic carbocycles. The Balaban J connectivity index is 1.56. The molecule has 0 saturated heterocycles. The molecule has 0 aliphatic heterocycles. The monoisotopic (exact) mass is 489 g/mol. The van der Waals surface area contributed by atoms with Gasteiger partial charge in [0.2, 0.25) is 0 Å². The van der Waals surface area contributed by atoms with Crippen molar-refractivity contribution in [1.82, 2.24) is 14.8 Å².